The van der Waals surface area contributed by atoms with Crippen LogP contribution in [-0.2, 0) is 4.79 Å². The van der Waals surface area contributed by atoms with Crippen LogP contribution >= 0.6 is 11.6 Å². The monoisotopic (exact) mass is 307 g/mol. The quantitative estimate of drug-likeness (QED) is 0.675. The third-order valence-corrected chi connectivity index (χ3v) is 2.96. The van der Waals surface area contributed by atoms with E-state index in [4.69, 9.17) is 16.3 Å². The molecular formula is C14H10ClNO5. The number of rotatable bonds is 5. The average molecular weight is 308 g/mol. The molecule has 2 aromatic rings. The molecule has 0 saturated heterocycles. The molecule has 0 bridgehead atoms. The van der Waals surface area contributed by atoms with E-state index in [1.807, 2.05) is 0 Å². The van der Waals surface area contributed by atoms with Gasteiger partial charge in [-0.25, -0.2) is 4.79 Å². The van der Waals surface area contributed by atoms with E-state index >= 15 is 0 Å². The van der Waals surface area contributed by atoms with Crippen LogP contribution in [-0.4, -0.2) is 16.0 Å². The van der Waals surface area contributed by atoms with Crippen LogP contribution in [0.1, 0.15) is 11.7 Å². The number of nitro groups is 1. The van der Waals surface area contributed by atoms with Gasteiger partial charge in [-0.2, -0.15) is 0 Å². The lowest BCUT2D eigenvalue weighted by atomic mass is 10.1. The highest BCUT2D eigenvalue weighted by Crippen LogP contribution is 2.31. The first-order chi connectivity index (χ1) is 9.99. The number of benzene rings is 2. The fourth-order valence-corrected chi connectivity index (χ4v) is 1.86. The summed E-state index contributed by atoms with van der Waals surface area (Å²) in [6, 6.07) is 11.6. The van der Waals surface area contributed by atoms with E-state index in [1.165, 1.54) is 48.5 Å². The Morgan fingerprint density at radius 1 is 1.19 bits per heavy atom. The summed E-state index contributed by atoms with van der Waals surface area (Å²) >= 11 is 5.75. The van der Waals surface area contributed by atoms with Gasteiger partial charge in [0.1, 0.15) is 0 Å². The second-order valence-electron chi connectivity index (χ2n) is 4.11. The van der Waals surface area contributed by atoms with Gasteiger partial charge in [-0.1, -0.05) is 35.9 Å². The summed E-state index contributed by atoms with van der Waals surface area (Å²) in [7, 11) is 0. The van der Waals surface area contributed by atoms with Crippen molar-refractivity contribution in [1.29, 1.82) is 0 Å². The molecule has 0 aromatic heterocycles. The molecule has 0 fully saturated rings. The Morgan fingerprint density at radius 2 is 1.81 bits per heavy atom. The molecule has 0 aliphatic heterocycles. The van der Waals surface area contributed by atoms with E-state index < -0.39 is 17.0 Å². The zero-order valence-corrected chi connectivity index (χ0v) is 11.4. The zero-order chi connectivity index (χ0) is 15.4. The van der Waals surface area contributed by atoms with Crippen molar-refractivity contribution in [3.05, 3.63) is 69.2 Å². The lowest BCUT2D eigenvalue weighted by molar-refractivity contribution is -0.386. The molecule has 1 N–H and O–H groups in total. The zero-order valence-electron chi connectivity index (χ0n) is 10.6. The molecule has 0 radical (unpaired) electrons. The summed E-state index contributed by atoms with van der Waals surface area (Å²) < 4.78 is 5.31. The van der Waals surface area contributed by atoms with Gasteiger partial charge < -0.3 is 9.84 Å². The molecule has 0 amide bonds. The second-order valence-corrected chi connectivity index (χ2v) is 4.55. The Hall–Kier alpha value is -2.60. The number of carbonyl (C=O) groups is 1. The van der Waals surface area contributed by atoms with E-state index in [9.17, 15) is 20.0 Å². The van der Waals surface area contributed by atoms with Crippen LogP contribution in [0.4, 0.5) is 5.69 Å². The molecule has 7 heteroatoms. The lowest BCUT2D eigenvalue weighted by Gasteiger charge is -2.15. The number of halogens is 1. The number of hydrogen-bond donors (Lipinski definition) is 1. The van der Waals surface area contributed by atoms with Gasteiger partial charge in [0.15, 0.2) is 5.75 Å². The van der Waals surface area contributed by atoms with Gasteiger partial charge in [-0.05, 0) is 18.2 Å². The van der Waals surface area contributed by atoms with Crippen LogP contribution in [0.25, 0.3) is 0 Å². The van der Waals surface area contributed by atoms with Crippen molar-refractivity contribution in [3.8, 4) is 5.75 Å². The summed E-state index contributed by atoms with van der Waals surface area (Å²) in [4.78, 5) is 21.6. The molecule has 1 unspecified atom stereocenters. The van der Waals surface area contributed by atoms with E-state index in [-0.39, 0.29) is 11.4 Å². The van der Waals surface area contributed by atoms with Crippen LogP contribution in [0, 0.1) is 10.1 Å². The SMILES string of the molecule is O=C(O)C(Oc1ccccc1[N+](=O)[O-])c1ccc(Cl)cc1. The van der Waals surface area contributed by atoms with Crippen molar-refractivity contribution >= 4 is 23.3 Å². The minimum Gasteiger partial charge on any atom is -0.478 e. The van der Waals surface area contributed by atoms with E-state index in [0.29, 0.717) is 10.6 Å². The van der Waals surface area contributed by atoms with Crippen molar-refractivity contribution in [2.45, 2.75) is 6.10 Å². The first kappa shape index (κ1) is 14.8. The fraction of sp³-hybridized carbons (Fsp3) is 0.0714. The van der Waals surface area contributed by atoms with Crippen molar-refractivity contribution < 1.29 is 19.6 Å². The molecule has 1 atom stereocenters. The van der Waals surface area contributed by atoms with Gasteiger partial charge in [0.2, 0.25) is 6.10 Å². The number of carboxylic acid groups (broad SMARTS) is 1. The first-order valence-corrected chi connectivity index (χ1v) is 6.25. The van der Waals surface area contributed by atoms with Crippen LogP contribution in [0.2, 0.25) is 5.02 Å². The van der Waals surface area contributed by atoms with Crippen molar-refractivity contribution in [2.24, 2.45) is 0 Å². The molecule has 0 spiro atoms. The van der Waals surface area contributed by atoms with Crippen LogP contribution in [0.5, 0.6) is 5.75 Å². The summed E-state index contributed by atoms with van der Waals surface area (Å²) in [5, 5.41) is 20.6. The number of nitrogens with zero attached hydrogens (tertiary/aromatic N) is 1. The molecule has 0 heterocycles. The average Bonchev–Trinajstić information content (AvgIpc) is 2.46. The van der Waals surface area contributed by atoms with Gasteiger partial charge in [0, 0.05) is 16.7 Å². The third-order valence-electron chi connectivity index (χ3n) is 2.70. The topological polar surface area (TPSA) is 89.7 Å². The van der Waals surface area contributed by atoms with Gasteiger partial charge in [0.25, 0.3) is 0 Å². The second kappa shape index (κ2) is 6.23. The smallest absolute Gasteiger partial charge is 0.349 e. The molecule has 6 nitrogen and oxygen atoms in total. The van der Waals surface area contributed by atoms with Crippen molar-refractivity contribution in [1.82, 2.24) is 0 Å². The Balaban J connectivity index is 2.35. The van der Waals surface area contributed by atoms with Gasteiger partial charge in [0.05, 0.1) is 4.92 Å². The molecule has 0 aliphatic rings. The number of para-hydroxylation sites is 2. The Bertz CT molecular complexity index is 671. The number of hydrogen-bond acceptors (Lipinski definition) is 4. The van der Waals surface area contributed by atoms with Crippen LogP contribution < -0.4 is 4.74 Å². The molecule has 21 heavy (non-hydrogen) atoms. The predicted molar refractivity (Wildman–Crippen MR) is 75.6 cm³/mol. The summed E-state index contributed by atoms with van der Waals surface area (Å²) in [5.74, 6) is -1.36. The summed E-state index contributed by atoms with van der Waals surface area (Å²) in [6.07, 6.45) is -1.36. The van der Waals surface area contributed by atoms with E-state index in [1.54, 1.807) is 0 Å². The highest BCUT2D eigenvalue weighted by Gasteiger charge is 2.25. The molecule has 0 saturated carbocycles. The van der Waals surface area contributed by atoms with Gasteiger partial charge in [-0.3, -0.25) is 10.1 Å². The molecule has 0 aliphatic carbocycles. The Kier molecular flexibility index (Phi) is 4.39. The highest BCUT2D eigenvalue weighted by molar-refractivity contribution is 6.30. The maximum atomic E-state index is 11.3. The first-order valence-electron chi connectivity index (χ1n) is 5.87. The molecule has 2 aromatic carbocycles. The summed E-state index contributed by atoms with van der Waals surface area (Å²) in [6.45, 7) is 0. The lowest BCUT2D eigenvalue weighted by Crippen LogP contribution is -2.18. The highest BCUT2D eigenvalue weighted by atomic mass is 35.5. The summed E-state index contributed by atoms with van der Waals surface area (Å²) in [5.41, 5.74) is 0.0442. The van der Waals surface area contributed by atoms with Gasteiger partial charge in [-0.15, -0.1) is 0 Å². The Morgan fingerprint density at radius 3 is 2.38 bits per heavy atom. The fourth-order valence-electron chi connectivity index (χ4n) is 1.73. The number of aliphatic carboxylic acids is 1. The minimum atomic E-state index is -1.36. The van der Waals surface area contributed by atoms with Gasteiger partial charge >= 0.3 is 11.7 Å². The molecule has 108 valence electrons. The maximum Gasteiger partial charge on any atom is 0.349 e. The molecular weight excluding hydrogens is 298 g/mol. The normalized spacial score (nSPS) is 11.7. The number of ether oxygens (including phenoxy) is 1. The van der Waals surface area contributed by atoms with Crippen molar-refractivity contribution in [2.75, 3.05) is 0 Å². The molecule has 2 rings (SSSR count). The third kappa shape index (κ3) is 3.49. The van der Waals surface area contributed by atoms with E-state index in [2.05, 4.69) is 0 Å². The number of carboxylic acids is 1. The largest absolute Gasteiger partial charge is 0.478 e. The van der Waals surface area contributed by atoms with E-state index in [0.717, 1.165) is 0 Å². The maximum absolute atomic E-state index is 11.3. The standard InChI is InChI=1S/C14H10ClNO5/c15-10-7-5-9(6-8-10)13(14(17)18)21-12-4-2-1-3-11(12)16(19)20/h1-8,13H,(H,17,18). The minimum absolute atomic E-state index is 0.107. The number of nitro benzene ring substituents is 1. The van der Waals surface area contributed by atoms with Crippen molar-refractivity contribution in [3.63, 3.8) is 0 Å². The van der Waals surface area contributed by atoms with Crippen LogP contribution in [0.15, 0.2) is 48.5 Å². The Labute approximate surface area is 124 Å². The van der Waals surface area contributed by atoms with Crippen LogP contribution in [0.3, 0.4) is 0 Å². The predicted octanol–water partition coefficient (Wildman–Crippen LogP) is 3.45.